The average Bonchev–Trinajstić information content (AvgIpc) is 3.33. The molecule has 2 heterocycles. The quantitative estimate of drug-likeness (QED) is 0.0549. The molecule has 0 radical (unpaired) electrons. The van der Waals surface area contributed by atoms with Gasteiger partial charge in [-0.05, 0) is 51.1 Å². The first-order valence-corrected chi connectivity index (χ1v) is 14.3. The molecule has 1 aliphatic rings. The van der Waals surface area contributed by atoms with E-state index in [1.165, 1.54) is 19.2 Å². The summed E-state index contributed by atoms with van der Waals surface area (Å²) in [5, 5.41) is 6.13. The minimum Gasteiger partial charge on any atom is -0.490 e. The molecule has 0 saturated carbocycles. The molecule has 0 bridgehead atoms. The SMILES string of the molecule is CC1(C)C(CC(=O)/C(=N\OCCOc2ccc(C(N)=NCCCN)cc2)c2csc(N)n2)C(=O)N1OS(=O)(=O)O. The molecule has 17 heteroatoms. The first-order valence-electron chi connectivity index (χ1n) is 12.0. The van der Waals surface area contributed by atoms with Gasteiger partial charge in [0.15, 0.2) is 23.2 Å². The Morgan fingerprint density at radius 3 is 2.52 bits per heavy atom. The Labute approximate surface area is 234 Å². The molecule has 1 atom stereocenters. The van der Waals surface area contributed by atoms with E-state index in [4.69, 9.17) is 31.3 Å². The summed E-state index contributed by atoms with van der Waals surface area (Å²) in [4.78, 5) is 39.2. The summed E-state index contributed by atoms with van der Waals surface area (Å²) >= 11 is 1.09. The van der Waals surface area contributed by atoms with Crippen molar-refractivity contribution < 1.29 is 36.4 Å². The summed E-state index contributed by atoms with van der Waals surface area (Å²) in [5.41, 5.74) is 16.6. The van der Waals surface area contributed by atoms with Crippen LogP contribution in [-0.4, -0.2) is 78.1 Å². The van der Waals surface area contributed by atoms with Crippen LogP contribution >= 0.6 is 11.3 Å². The highest BCUT2D eigenvalue weighted by molar-refractivity contribution is 7.80. The van der Waals surface area contributed by atoms with Crippen molar-refractivity contribution in [3.05, 3.63) is 40.9 Å². The molecule has 15 nitrogen and oxygen atoms in total. The lowest BCUT2D eigenvalue weighted by molar-refractivity contribution is -0.228. The zero-order valence-electron chi connectivity index (χ0n) is 21.8. The second-order valence-corrected chi connectivity index (χ2v) is 11.0. The van der Waals surface area contributed by atoms with E-state index in [-0.39, 0.29) is 36.2 Å². The van der Waals surface area contributed by atoms with Crippen molar-refractivity contribution in [1.29, 1.82) is 0 Å². The van der Waals surface area contributed by atoms with Gasteiger partial charge in [-0.15, -0.1) is 15.6 Å². The number of oxime groups is 1. The van der Waals surface area contributed by atoms with Gasteiger partial charge in [0.25, 0.3) is 5.91 Å². The molecule has 1 aromatic carbocycles. The number of aliphatic imine (C=N–C) groups is 1. The fourth-order valence-electron chi connectivity index (χ4n) is 3.70. The minimum atomic E-state index is -4.92. The van der Waals surface area contributed by atoms with E-state index in [0.717, 1.165) is 23.3 Å². The number of β-lactam (4-membered cyclic amide) rings is 1. The molecule has 1 aliphatic heterocycles. The predicted octanol–water partition coefficient (Wildman–Crippen LogP) is 0.510. The summed E-state index contributed by atoms with van der Waals surface area (Å²) in [6, 6.07) is 6.99. The first kappa shape index (κ1) is 30.9. The Kier molecular flexibility index (Phi) is 10.2. The molecule has 0 spiro atoms. The van der Waals surface area contributed by atoms with Gasteiger partial charge in [-0.3, -0.25) is 19.1 Å². The summed E-state index contributed by atoms with van der Waals surface area (Å²) in [6.45, 7) is 4.13. The highest BCUT2D eigenvalue weighted by Gasteiger charge is 2.57. The largest absolute Gasteiger partial charge is 0.490 e. The van der Waals surface area contributed by atoms with E-state index in [9.17, 15) is 18.0 Å². The van der Waals surface area contributed by atoms with E-state index in [0.29, 0.717) is 29.7 Å². The molecule has 1 unspecified atom stereocenters. The fourth-order valence-corrected chi connectivity index (χ4v) is 4.70. The molecule has 218 valence electrons. The first-order chi connectivity index (χ1) is 18.8. The molecule has 1 amide bonds. The number of nitrogens with zero attached hydrogens (tertiary/aromatic N) is 4. The number of rotatable bonds is 15. The van der Waals surface area contributed by atoms with Crippen molar-refractivity contribution >= 4 is 50.1 Å². The smallest absolute Gasteiger partial charge is 0.418 e. The van der Waals surface area contributed by atoms with E-state index < -0.39 is 33.5 Å². The molecular weight excluding hydrogens is 566 g/mol. The predicted molar refractivity (Wildman–Crippen MR) is 147 cm³/mol. The number of nitrogen functional groups attached to an aromatic ring is 1. The lowest BCUT2D eigenvalue weighted by Crippen LogP contribution is -2.68. The molecule has 7 N–H and O–H groups in total. The molecule has 3 rings (SSSR count). The van der Waals surface area contributed by atoms with Crippen LogP contribution in [0.1, 0.15) is 37.9 Å². The molecular formula is C23H31N7O8S2. The number of amidine groups is 1. The van der Waals surface area contributed by atoms with Gasteiger partial charge in [0, 0.05) is 23.9 Å². The number of amides is 1. The van der Waals surface area contributed by atoms with Crippen LogP contribution in [-0.2, 0) is 29.1 Å². The van der Waals surface area contributed by atoms with Crippen LogP contribution in [0.3, 0.4) is 0 Å². The summed E-state index contributed by atoms with van der Waals surface area (Å²) in [5.74, 6) is -1.38. The second-order valence-electron chi connectivity index (χ2n) is 9.09. The Balaban J connectivity index is 1.59. The molecule has 40 heavy (non-hydrogen) atoms. The second kappa shape index (κ2) is 13.1. The number of Topliss-reactive ketones (excluding diaryl/α,β-unsaturated/α-hetero) is 1. The number of ketones is 1. The summed E-state index contributed by atoms with van der Waals surface area (Å²) < 4.78 is 40.9. The van der Waals surface area contributed by atoms with E-state index in [2.05, 4.69) is 19.4 Å². The third kappa shape index (κ3) is 7.95. The number of benzene rings is 1. The van der Waals surface area contributed by atoms with Crippen molar-refractivity contribution in [3.8, 4) is 5.75 Å². The van der Waals surface area contributed by atoms with E-state index in [1.807, 2.05) is 0 Å². The average molecular weight is 598 g/mol. The number of nitrogens with two attached hydrogens (primary N) is 3. The van der Waals surface area contributed by atoms with Crippen LogP contribution < -0.4 is 21.9 Å². The third-order valence-corrected chi connectivity index (χ3v) is 6.87. The maximum absolute atomic E-state index is 13.1. The third-order valence-electron chi connectivity index (χ3n) is 5.86. The standard InChI is InChI=1S/C23H31N7O8S2/c1-23(2)16(21(32)30(23)38-40(33,34)35)12-18(31)19(17-13-39-22(26)28-17)29-37-11-10-36-15-6-4-14(5-7-15)20(25)27-9-3-8-24/h4-7,13,16H,3,8-12,24H2,1-2H3,(H2,25,27)(H2,26,28)(H,33,34,35)/b29-19-. The lowest BCUT2D eigenvalue weighted by Gasteiger charge is -2.50. The zero-order chi connectivity index (χ0) is 29.5. The monoisotopic (exact) mass is 597 g/mol. The van der Waals surface area contributed by atoms with Crippen molar-refractivity contribution in [2.75, 3.05) is 32.0 Å². The Morgan fingerprint density at radius 1 is 1.25 bits per heavy atom. The summed E-state index contributed by atoms with van der Waals surface area (Å²) in [7, 11) is -4.92. The number of thiazole rings is 1. The van der Waals surface area contributed by atoms with E-state index >= 15 is 0 Å². The van der Waals surface area contributed by atoms with Gasteiger partial charge < -0.3 is 26.8 Å². The van der Waals surface area contributed by atoms with Gasteiger partial charge >= 0.3 is 10.4 Å². The molecule has 1 fully saturated rings. The van der Waals surface area contributed by atoms with Gasteiger partial charge in [-0.2, -0.15) is 13.5 Å². The Morgan fingerprint density at radius 2 is 1.95 bits per heavy atom. The Hall–Kier alpha value is -3.64. The van der Waals surface area contributed by atoms with Crippen LogP contribution in [0.4, 0.5) is 5.13 Å². The van der Waals surface area contributed by atoms with Crippen LogP contribution in [0.25, 0.3) is 0 Å². The van der Waals surface area contributed by atoms with Gasteiger partial charge in [0.1, 0.15) is 23.9 Å². The molecule has 0 aliphatic carbocycles. The number of ether oxygens (including phenoxy) is 1. The van der Waals surface area contributed by atoms with Crippen LogP contribution in [0.2, 0.25) is 0 Å². The number of hydroxylamine groups is 2. The topological polar surface area (TPSA) is 235 Å². The molecule has 1 saturated heterocycles. The number of hydrogen-bond donors (Lipinski definition) is 4. The van der Waals surface area contributed by atoms with Gasteiger partial charge in [-0.25, -0.2) is 4.98 Å². The van der Waals surface area contributed by atoms with E-state index in [1.54, 1.807) is 24.3 Å². The van der Waals surface area contributed by atoms with Gasteiger partial charge in [0.05, 0.1) is 11.5 Å². The maximum atomic E-state index is 13.1. The Bertz CT molecular complexity index is 1370. The fraction of sp³-hybridized carbons (Fsp3) is 0.435. The van der Waals surface area contributed by atoms with Crippen molar-refractivity contribution in [3.63, 3.8) is 0 Å². The minimum absolute atomic E-state index is 0.0231. The highest BCUT2D eigenvalue weighted by Crippen LogP contribution is 2.40. The van der Waals surface area contributed by atoms with Crippen LogP contribution in [0, 0.1) is 5.92 Å². The summed E-state index contributed by atoms with van der Waals surface area (Å²) in [6.07, 6.45) is 0.396. The molecule has 2 aromatic rings. The zero-order valence-corrected chi connectivity index (χ0v) is 23.5. The number of carbonyl (C=O) groups is 2. The lowest BCUT2D eigenvalue weighted by atomic mass is 9.74. The van der Waals surface area contributed by atoms with Gasteiger partial charge in [-0.1, -0.05) is 5.16 Å². The maximum Gasteiger partial charge on any atom is 0.418 e. The van der Waals surface area contributed by atoms with Crippen molar-refractivity contribution in [1.82, 2.24) is 10.0 Å². The van der Waals surface area contributed by atoms with Crippen LogP contribution in [0.5, 0.6) is 5.75 Å². The van der Waals surface area contributed by atoms with Gasteiger partial charge in [0.2, 0.25) is 0 Å². The number of aromatic nitrogens is 1. The van der Waals surface area contributed by atoms with Crippen molar-refractivity contribution in [2.45, 2.75) is 32.2 Å². The van der Waals surface area contributed by atoms with Crippen molar-refractivity contribution in [2.24, 2.45) is 27.5 Å². The normalized spacial score (nSPS) is 17.4. The van der Waals surface area contributed by atoms with Crippen LogP contribution in [0.15, 0.2) is 39.8 Å². The highest BCUT2D eigenvalue weighted by atomic mass is 32.3. The number of carbonyl (C=O) groups excluding carboxylic acids is 2. The number of anilines is 1. The molecule has 1 aromatic heterocycles. The number of hydrogen-bond acceptors (Lipinski definition) is 13.